The van der Waals surface area contributed by atoms with E-state index in [0.29, 0.717) is 5.03 Å². The predicted octanol–water partition coefficient (Wildman–Crippen LogP) is 3.08. The van der Waals surface area contributed by atoms with Crippen LogP contribution < -0.4 is 5.32 Å². The van der Waals surface area contributed by atoms with Crippen LogP contribution in [0.3, 0.4) is 0 Å². The van der Waals surface area contributed by atoms with Crippen molar-refractivity contribution in [1.82, 2.24) is 5.32 Å². The number of nitrogens with one attached hydrogen (secondary N) is 1. The molecule has 1 aliphatic carbocycles. The Hall–Kier alpha value is -0.710. The van der Waals surface area contributed by atoms with Gasteiger partial charge >= 0.3 is 6.18 Å². The number of alkyl halides is 3. The average Bonchev–Trinajstić information content (AvgIpc) is 2.62. The van der Waals surface area contributed by atoms with Gasteiger partial charge in [-0.15, -0.1) is 0 Å². The molecule has 6 heteroatoms. The maximum Gasteiger partial charge on any atom is 0.405 e. The van der Waals surface area contributed by atoms with Gasteiger partial charge < -0.3 is 5.32 Å². The Morgan fingerprint density at radius 1 is 1.47 bits per heavy atom. The molecule has 0 unspecified atom stereocenters. The summed E-state index contributed by atoms with van der Waals surface area (Å²) >= 11 is 5.71. The second-order valence-corrected chi connectivity index (χ2v) is 5.51. The molecule has 2 atom stereocenters. The zero-order valence-electron chi connectivity index (χ0n) is 9.86. The van der Waals surface area contributed by atoms with Crippen molar-refractivity contribution in [2.45, 2.75) is 26.9 Å². The highest BCUT2D eigenvalue weighted by Gasteiger charge is 2.60. The summed E-state index contributed by atoms with van der Waals surface area (Å²) in [4.78, 5) is 11.6. The molecule has 0 radical (unpaired) electrons. The van der Waals surface area contributed by atoms with Crippen molar-refractivity contribution >= 4 is 17.5 Å². The smallest absolute Gasteiger partial charge is 0.347 e. The summed E-state index contributed by atoms with van der Waals surface area (Å²) in [5.74, 6) is -1.08. The summed E-state index contributed by atoms with van der Waals surface area (Å²) in [5, 5.41) is 2.46. The first-order valence-corrected chi connectivity index (χ1v) is 5.62. The Labute approximate surface area is 103 Å². The molecule has 1 rings (SSSR count). The van der Waals surface area contributed by atoms with Gasteiger partial charge in [-0.3, -0.25) is 4.79 Å². The number of hydrogen-bond donors (Lipinski definition) is 1. The van der Waals surface area contributed by atoms with E-state index in [4.69, 9.17) is 11.6 Å². The highest BCUT2D eigenvalue weighted by molar-refractivity contribution is 6.29. The molecule has 0 saturated heterocycles. The van der Waals surface area contributed by atoms with Crippen LogP contribution >= 0.6 is 11.6 Å². The minimum absolute atomic E-state index is 0.0896. The molecule has 98 valence electrons. The van der Waals surface area contributed by atoms with E-state index in [1.54, 1.807) is 13.0 Å². The van der Waals surface area contributed by atoms with Gasteiger partial charge in [-0.2, -0.15) is 13.2 Å². The minimum atomic E-state index is -4.37. The number of rotatable bonds is 3. The molecular formula is C11H15ClF3NO. The molecule has 2 nitrogen and oxygen atoms in total. The second-order valence-electron chi connectivity index (χ2n) is 4.91. The number of carbonyl (C=O) groups excluding carboxylic acids is 1. The Morgan fingerprint density at radius 3 is 2.41 bits per heavy atom. The standard InChI is InChI=1S/C11H15ClF3NO/c1-6(12)4-7-8(10(7,2)3)9(17)16-5-11(13,14)15/h4,7-8H,5H2,1-3H3,(H,16,17)/b6-4-/t7-,8+/m1/s1. The molecule has 0 heterocycles. The van der Waals surface area contributed by atoms with Crippen LogP contribution in [0.4, 0.5) is 13.2 Å². The van der Waals surface area contributed by atoms with Gasteiger partial charge in [0, 0.05) is 5.03 Å². The van der Waals surface area contributed by atoms with Crippen molar-refractivity contribution in [3.05, 3.63) is 11.1 Å². The summed E-state index contributed by atoms with van der Waals surface area (Å²) in [7, 11) is 0. The van der Waals surface area contributed by atoms with Gasteiger partial charge in [-0.25, -0.2) is 0 Å². The Balaban J connectivity index is 2.58. The van der Waals surface area contributed by atoms with E-state index in [-0.39, 0.29) is 11.3 Å². The quantitative estimate of drug-likeness (QED) is 0.838. The molecule has 0 aromatic heterocycles. The Bertz CT molecular complexity index is 345. The number of carbonyl (C=O) groups is 1. The van der Waals surface area contributed by atoms with Gasteiger partial charge in [0.25, 0.3) is 0 Å². The van der Waals surface area contributed by atoms with Crippen molar-refractivity contribution in [3.63, 3.8) is 0 Å². The first kappa shape index (κ1) is 14.4. The van der Waals surface area contributed by atoms with Gasteiger partial charge in [0.2, 0.25) is 5.91 Å². The molecule has 1 fully saturated rings. The van der Waals surface area contributed by atoms with E-state index in [9.17, 15) is 18.0 Å². The van der Waals surface area contributed by atoms with Crippen molar-refractivity contribution in [3.8, 4) is 0 Å². The molecule has 17 heavy (non-hydrogen) atoms. The summed E-state index contributed by atoms with van der Waals surface area (Å²) < 4.78 is 35.9. The van der Waals surface area contributed by atoms with E-state index < -0.39 is 24.5 Å². The SMILES string of the molecule is C/C(Cl)=C/[C@@H]1[C@@H](C(=O)NCC(F)(F)F)C1(C)C. The number of halogens is 4. The molecule has 1 aliphatic rings. The van der Waals surface area contributed by atoms with E-state index in [0.717, 1.165) is 0 Å². The van der Waals surface area contributed by atoms with Crippen LogP contribution in [-0.2, 0) is 4.79 Å². The lowest BCUT2D eigenvalue weighted by Gasteiger charge is -2.08. The molecule has 0 bridgehead atoms. The van der Waals surface area contributed by atoms with Crippen LogP contribution in [0.1, 0.15) is 20.8 Å². The maximum absolute atomic E-state index is 12.0. The highest BCUT2D eigenvalue weighted by Crippen LogP contribution is 2.59. The lowest BCUT2D eigenvalue weighted by atomic mass is 10.1. The average molecular weight is 270 g/mol. The zero-order valence-corrected chi connectivity index (χ0v) is 10.6. The fourth-order valence-corrected chi connectivity index (χ4v) is 2.17. The van der Waals surface area contributed by atoms with Crippen LogP contribution in [0, 0.1) is 17.3 Å². The number of allylic oxidation sites excluding steroid dienone is 2. The first-order chi connectivity index (χ1) is 7.55. The van der Waals surface area contributed by atoms with Gasteiger partial charge in [-0.1, -0.05) is 31.5 Å². The molecule has 0 aromatic carbocycles. The lowest BCUT2D eigenvalue weighted by Crippen LogP contribution is -2.35. The molecule has 0 spiro atoms. The van der Waals surface area contributed by atoms with Crippen LogP contribution in [0.5, 0.6) is 0 Å². The van der Waals surface area contributed by atoms with Crippen molar-refractivity contribution in [2.24, 2.45) is 17.3 Å². The third kappa shape index (κ3) is 3.63. The van der Waals surface area contributed by atoms with Gasteiger partial charge in [0.05, 0.1) is 5.92 Å². The van der Waals surface area contributed by atoms with Crippen LogP contribution in [0.25, 0.3) is 0 Å². The van der Waals surface area contributed by atoms with Crippen LogP contribution in [0.2, 0.25) is 0 Å². The van der Waals surface area contributed by atoms with Crippen molar-refractivity contribution in [1.29, 1.82) is 0 Å². The van der Waals surface area contributed by atoms with E-state index in [1.165, 1.54) is 0 Å². The van der Waals surface area contributed by atoms with E-state index >= 15 is 0 Å². The summed E-state index contributed by atoms with van der Waals surface area (Å²) in [5.41, 5.74) is -0.328. The van der Waals surface area contributed by atoms with Gasteiger partial charge in [-0.05, 0) is 18.3 Å². The second kappa shape index (κ2) is 4.52. The zero-order chi connectivity index (χ0) is 13.4. The Kier molecular flexibility index (Phi) is 3.81. The maximum atomic E-state index is 12.0. The molecular weight excluding hydrogens is 255 g/mol. The van der Waals surface area contributed by atoms with E-state index in [1.807, 2.05) is 19.2 Å². The summed E-state index contributed by atoms with van der Waals surface area (Å²) in [6.45, 7) is 4.08. The molecule has 1 amide bonds. The molecule has 0 aliphatic heterocycles. The summed E-state index contributed by atoms with van der Waals surface area (Å²) in [6.07, 6.45) is -2.65. The minimum Gasteiger partial charge on any atom is -0.347 e. The topological polar surface area (TPSA) is 29.1 Å². The summed E-state index contributed by atoms with van der Waals surface area (Å²) in [6, 6.07) is 0. The number of hydrogen-bond acceptors (Lipinski definition) is 1. The van der Waals surface area contributed by atoms with Crippen molar-refractivity contribution in [2.75, 3.05) is 6.54 Å². The molecule has 1 saturated carbocycles. The third-order valence-corrected chi connectivity index (χ3v) is 3.19. The normalized spacial score (nSPS) is 27.8. The van der Waals surface area contributed by atoms with Crippen LogP contribution in [0.15, 0.2) is 11.1 Å². The Morgan fingerprint density at radius 2 is 2.00 bits per heavy atom. The monoisotopic (exact) mass is 269 g/mol. The largest absolute Gasteiger partial charge is 0.405 e. The fourth-order valence-electron chi connectivity index (χ4n) is 2.03. The van der Waals surface area contributed by atoms with Gasteiger partial charge in [0.1, 0.15) is 6.54 Å². The lowest BCUT2D eigenvalue weighted by molar-refractivity contribution is -0.139. The van der Waals surface area contributed by atoms with Crippen molar-refractivity contribution < 1.29 is 18.0 Å². The molecule has 1 N–H and O–H groups in total. The fraction of sp³-hybridized carbons (Fsp3) is 0.727. The first-order valence-electron chi connectivity index (χ1n) is 5.24. The van der Waals surface area contributed by atoms with Crippen LogP contribution in [-0.4, -0.2) is 18.6 Å². The van der Waals surface area contributed by atoms with Gasteiger partial charge in [0.15, 0.2) is 0 Å². The molecule has 0 aromatic rings. The predicted molar refractivity (Wildman–Crippen MR) is 59.4 cm³/mol. The third-order valence-electron chi connectivity index (χ3n) is 3.07. The number of amides is 1. The van der Waals surface area contributed by atoms with E-state index in [2.05, 4.69) is 0 Å². The highest BCUT2D eigenvalue weighted by atomic mass is 35.5.